The van der Waals surface area contributed by atoms with E-state index in [1.54, 1.807) is 6.92 Å². The van der Waals surface area contributed by atoms with Gasteiger partial charge in [-0.2, -0.15) is 0 Å². The molecule has 6 heteroatoms. The second kappa shape index (κ2) is 6.31. The minimum atomic E-state index is -1.75. The van der Waals surface area contributed by atoms with Gasteiger partial charge in [-0.05, 0) is 31.5 Å². The van der Waals surface area contributed by atoms with Gasteiger partial charge in [-0.15, -0.1) is 0 Å². The Morgan fingerprint density at radius 1 is 1.32 bits per heavy atom. The van der Waals surface area contributed by atoms with Crippen LogP contribution < -0.4 is 0 Å². The minimum absolute atomic E-state index is 0.0805. The van der Waals surface area contributed by atoms with E-state index in [1.807, 2.05) is 0 Å². The van der Waals surface area contributed by atoms with Gasteiger partial charge in [0.25, 0.3) is 0 Å². The van der Waals surface area contributed by atoms with Crippen molar-refractivity contribution >= 4 is 11.8 Å². The molecule has 1 aromatic rings. The monoisotopic (exact) mass is 268 g/mol. The lowest BCUT2D eigenvalue weighted by Crippen LogP contribution is -2.29. The molecule has 0 fully saturated rings. The number of aromatic hydroxyl groups is 1. The Kier molecular flexibility index (Phi) is 5.02. The molecule has 0 saturated heterocycles. The van der Waals surface area contributed by atoms with Crippen molar-refractivity contribution in [2.24, 2.45) is 0 Å². The third-order valence-corrected chi connectivity index (χ3v) is 2.57. The predicted molar refractivity (Wildman–Crippen MR) is 65.7 cm³/mol. The maximum Gasteiger partial charge on any atom is 0.338 e. The number of phenols is 1. The van der Waals surface area contributed by atoms with E-state index in [2.05, 4.69) is 4.74 Å². The number of ketones is 1. The Morgan fingerprint density at radius 2 is 1.95 bits per heavy atom. The average Bonchev–Trinajstić information content (AvgIpc) is 2.36. The Balaban J connectivity index is 2.94. The lowest BCUT2D eigenvalue weighted by Gasteiger charge is -2.17. The van der Waals surface area contributed by atoms with Gasteiger partial charge in [0.15, 0.2) is 11.9 Å². The molecular weight excluding hydrogens is 252 g/mol. The van der Waals surface area contributed by atoms with Gasteiger partial charge in [-0.3, -0.25) is 4.79 Å². The molecule has 0 spiro atoms. The molecule has 6 nitrogen and oxygen atoms in total. The zero-order chi connectivity index (χ0) is 14.6. The Labute approximate surface area is 110 Å². The Bertz CT molecular complexity index is 482. The van der Waals surface area contributed by atoms with Crippen molar-refractivity contribution in [3.8, 4) is 5.75 Å². The maximum absolute atomic E-state index is 11.3. The lowest BCUT2D eigenvalue weighted by atomic mass is 10.0. The second-order valence-electron chi connectivity index (χ2n) is 3.97. The van der Waals surface area contributed by atoms with E-state index in [4.69, 9.17) is 0 Å². The van der Waals surface area contributed by atoms with Crippen LogP contribution in [0.4, 0.5) is 0 Å². The SMILES string of the molecule is CCOC(=O)C(O)C(O)c1ccc(C(C)=O)c(O)c1. The number of ether oxygens (including phenoxy) is 1. The van der Waals surface area contributed by atoms with Gasteiger partial charge >= 0.3 is 5.97 Å². The van der Waals surface area contributed by atoms with E-state index in [0.717, 1.165) is 6.07 Å². The summed E-state index contributed by atoms with van der Waals surface area (Å²) < 4.78 is 4.57. The van der Waals surface area contributed by atoms with Crippen LogP contribution in [0.25, 0.3) is 0 Å². The zero-order valence-electron chi connectivity index (χ0n) is 10.7. The number of phenolic OH excluding ortho intramolecular Hbond substituents is 1. The first kappa shape index (κ1) is 15.1. The first-order chi connectivity index (χ1) is 8.88. The van der Waals surface area contributed by atoms with E-state index in [9.17, 15) is 24.9 Å². The van der Waals surface area contributed by atoms with E-state index in [0.29, 0.717) is 0 Å². The number of aliphatic hydroxyl groups excluding tert-OH is 2. The molecule has 0 aliphatic heterocycles. The van der Waals surface area contributed by atoms with Crippen molar-refractivity contribution < 1.29 is 29.6 Å². The molecule has 0 radical (unpaired) electrons. The number of hydrogen-bond donors (Lipinski definition) is 3. The summed E-state index contributed by atoms with van der Waals surface area (Å²) in [7, 11) is 0. The summed E-state index contributed by atoms with van der Waals surface area (Å²) in [6.45, 7) is 2.94. The fourth-order valence-electron chi connectivity index (χ4n) is 1.57. The molecule has 0 aliphatic carbocycles. The predicted octanol–water partition coefficient (Wildman–Crippen LogP) is 0.552. The molecule has 0 amide bonds. The molecule has 1 aromatic carbocycles. The number of carbonyl (C=O) groups is 2. The number of Topliss-reactive ketones (excluding diaryl/α,β-unsaturated/α-hetero) is 1. The molecule has 0 heterocycles. The van der Waals surface area contributed by atoms with Crippen LogP contribution in [0.1, 0.15) is 35.9 Å². The molecule has 0 bridgehead atoms. The summed E-state index contributed by atoms with van der Waals surface area (Å²) >= 11 is 0. The maximum atomic E-state index is 11.3. The van der Waals surface area contributed by atoms with Crippen LogP contribution in [0.15, 0.2) is 18.2 Å². The van der Waals surface area contributed by atoms with Gasteiger partial charge < -0.3 is 20.1 Å². The van der Waals surface area contributed by atoms with Crippen LogP contribution in [0.3, 0.4) is 0 Å². The summed E-state index contributed by atoms with van der Waals surface area (Å²) in [5, 5.41) is 29.0. The summed E-state index contributed by atoms with van der Waals surface area (Å²) in [4.78, 5) is 22.4. The summed E-state index contributed by atoms with van der Waals surface area (Å²) in [6.07, 6.45) is -3.28. The quantitative estimate of drug-likeness (QED) is 0.532. The number of carbonyl (C=O) groups excluding carboxylic acids is 2. The van der Waals surface area contributed by atoms with E-state index >= 15 is 0 Å². The molecule has 1 rings (SSSR count). The van der Waals surface area contributed by atoms with Gasteiger partial charge in [0.05, 0.1) is 12.2 Å². The summed E-state index contributed by atoms with van der Waals surface area (Å²) in [5.74, 6) is -1.60. The Hall–Kier alpha value is -1.92. The Morgan fingerprint density at radius 3 is 2.42 bits per heavy atom. The molecule has 2 atom stereocenters. The van der Waals surface area contributed by atoms with Crippen molar-refractivity contribution in [2.45, 2.75) is 26.1 Å². The van der Waals surface area contributed by atoms with Crippen LogP contribution in [-0.4, -0.2) is 39.8 Å². The van der Waals surface area contributed by atoms with E-state index in [1.165, 1.54) is 19.1 Å². The normalized spacial score (nSPS) is 13.7. The van der Waals surface area contributed by atoms with Crippen molar-refractivity contribution in [3.63, 3.8) is 0 Å². The third-order valence-electron chi connectivity index (χ3n) is 2.57. The van der Waals surface area contributed by atoms with Gasteiger partial charge in [0, 0.05) is 0 Å². The topological polar surface area (TPSA) is 104 Å². The number of aliphatic hydroxyl groups is 2. The number of benzene rings is 1. The molecule has 0 aromatic heterocycles. The fourth-order valence-corrected chi connectivity index (χ4v) is 1.57. The number of rotatable bonds is 5. The van der Waals surface area contributed by atoms with Crippen molar-refractivity contribution in [3.05, 3.63) is 29.3 Å². The standard InChI is InChI=1S/C13H16O6/c1-3-19-13(18)12(17)11(16)8-4-5-9(7(2)14)10(15)6-8/h4-6,11-12,15-17H,3H2,1-2H3. The molecule has 104 valence electrons. The van der Waals surface area contributed by atoms with Crippen LogP contribution in [0.5, 0.6) is 5.75 Å². The minimum Gasteiger partial charge on any atom is -0.507 e. The van der Waals surface area contributed by atoms with Crippen LogP contribution >= 0.6 is 0 Å². The molecule has 0 aliphatic rings. The number of hydrogen-bond acceptors (Lipinski definition) is 6. The largest absolute Gasteiger partial charge is 0.507 e. The smallest absolute Gasteiger partial charge is 0.338 e. The second-order valence-corrected chi connectivity index (χ2v) is 3.97. The van der Waals surface area contributed by atoms with Gasteiger partial charge in [-0.25, -0.2) is 4.79 Å². The first-order valence-electron chi connectivity index (χ1n) is 5.75. The van der Waals surface area contributed by atoms with Crippen LogP contribution in [-0.2, 0) is 9.53 Å². The first-order valence-corrected chi connectivity index (χ1v) is 5.75. The average molecular weight is 268 g/mol. The zero-order valence-corrected chi connectivity index (χ0v) is 10.7. The van der Waals surface area contributed by atoms with Gasteiger partial charge in [0.2, 0.25) is 0 Å². The van der Waals surface area contributed by atoms with E-state index in [-0.39, 0.29) is 29.3 Å². The molecule has 3 N–H and O–H groups in total. The molecule has 19 heavy (non-hydrogen) atoms. The lowest BCUT2D eigenvalue weighted by molar-refractivity contribution is -0.159. The highest BCUT2D eigenvalue weighted by Crippen LogP contribution is 2.25. The van der Waals surface area contributed by atoms with Gasteiger partial charge in [-0.1, -0.05) is 6.07 Å². The highest BCUT2D eigenvalue weighted by Gasteiger charge is 2.27. The highest BCUT2D eigenvalue weighted by molar-refractivity contribution is 5.96. The third kappa shape index (κ3) is 3.52. The van der Waals surface area contributed by atoms with Gasteiger partial charge in [0.1, 0.15) is 11.9 Å². The fraction of sp³-hybridized carbons (Fsp3) is 0.385. The molecular formula is C13H16O6. The van der Waals surface area contributed by atoms with Crippen molar-refractivity contribution in [2.75, 3.05) is 6.61 Å². The summed E-state index contributed by atoms with van der Waals surface area (Å²) in [6, 6.07) is 3.79. The van der Waals surface area contributed by atoms with Crippen molar-refractivity contribution in [1.29, 1.82) is 0 Å². The summed E-state index contributed by atoms with van der Waals surface area (Å²) in [5.41, 5.74) is 0.213. The van der Waals surface area contributed by atoms with Crippen LogP contribution in [0.2, 0.25) is 0 Å². The number of esters is 1. The molecule has 0 saturated carbocycles. The highest BCUT2D eigenvalue weighted by atomic mass is 16.5. The van der Waals surface area contributed by atoms with Crippen molar-refractivity contribution in [1.82, 2.24) is 0 Å². The van der Waals surface area contributed by atoms with Crippen LogP contribution in [0, 0.1) is 0 Å². The molecule has 2 unspecified atom stereocenters. The van der Waals surface area contributed by atoms with E-state index < -0.39 is 18.2 Å².